The standard InChI is InChI=1S/C15H26N2O2/c16-15(14(18)19)7-2-5-13(15)6-8-17-9-11-3-1-4-12(11)10-17/h11-13H,1-10,16H2,(H,18,19). The summed E-state index contributed by atoms with van der Waals surface area (Å²) in [7, 11) is 0. The molecule has 1 saturated heterocycles. The Labute approximate surface area is 115 Å². The van der Waals surface area contributed by atoms with Gasteiger partial charge in [0.1, 0.15) is 5.54 Å². The first-order valence-electron chi connectivity index (χ1n) is 7.84. The zero-order chi connectivity index (χ0) is 13.5. The van der Waals surface area contributed by atoms with Crippen LogP contribution < -0.4 is 5.73 Å². The summed E-state index contributed by atoms with van der Waals surface area (Å²) in [5.41, 5.74) is 5.16. The van der Waals surface area contributed by atoms with Crippen molar-refractivity contribution in [2.45, 2.75) is 50.5 Å². The van der Waals surface area contributed by atoms with E-state index in [9.17, 15) is 9.90 Å². The molecule has 4 atom stereocenters. The van der Waals surface area contributed by atoms with Crippen molar-refractivity contribution in [1.29, 1.82) is 0 Å². The first-order chi connectivity index (χ1) is 9.09. The minimum atomic E-state index is -0.949. The number of carboxylic acids is 1. The zero-order valence-corrected chi connectivity index (χ0v) is 11.7. The fourth-order valence-electron chi connectivity index (χ4n) is 4.64. The van der Waals surface area contributed by atoms with Gasteiger partial charge in [-0.05, 0) is 56.4 Å². The van der Waals surface area contributed by atoms with Crippen LogP contribution in [0.25, 0.3) is 0 Å². The van der Waals surface area contributed by atoms with Crippen LogP contribution in [0.3, 0.4) is 0 Å². The van der Waals surface area contributed by atoms with Crippen LogP contribution in [-0.2, 0) is 4.79 Å². The summed E-state index contributed by atoms with van der Waals surface area (Å²) in [6.45, 7) is 3.52. The summed E-state index contributed by atoms with van der Waals surface area (Å²) in [5.74, 6) is 1.22. The van der Waals surface area contributed by atoms with Crippen molar-refractivity contribution in [3.8, 4) is 0 Å². The summed E-state index contributed by atoms with van der Waals surface area (Å²) in [6, 6.07) is 0. The van der Waals surface area contributed by atoms with Gasteiger partial charge in [-0.3, -0.25) is 4.79 Å². The van der Waals surface area contributed by atoms with Gasteiger partial charge < -0.3 is 15.7 Å². The van der Waals surface area contributed by atoms with Gasteiger partial charge in [-0.25, -0.2) is 0 Å². The number of nitrogens with zero attached hydrogens (tertiary/aromatic N) is 1. The van der Waals surface area contributed by atoms with Gasteiger partial charge in [-0.1, -0.05) is 12.8 Å². The minimum Gasteiger partial charge on any atom is -0.480 e. The van der Waals surface area contributed by atoms with Crippen LogP contribution in [0, 0.1) is 17.8 Å². The molecule has 0 amide bonds. The summed E-state index contributed by atoms with van der Waals surface area (Å²) >= 11 is 0. The number of carboxylic acid groups (broad SMARTS) is 1. The highest BCUT2D eigenvalue weighted by molar-refractivity contribution is 5.79. The third-order valence-electron chi connectivity index (χ3n) is 5.87. The molecule has 3 N–H and O–H groups in total. The molecule has 0 bridgehead atoms. The van der Waals surface area contributed by atoms with Crippen LogP contribution in [-0.4, -0.2) is 41.1 Å². The molecule has 0 aromatic heterocycles. The van der Waals surface area contributed by atoms with Gasteiger partial charge in [0.2, 0.25) is 0 Å². The highest BCUT2D eigenvalue weighted by Crippen LogP contribution is 2.39. The fraction of sp³-hybridized carbons (Fsp3) is 0.933. The van der Waals surface area contributed by atoms with Crippen molar-refractivity contribution in [1.82, 2.24) is 4.90 Å². The Kier molecular flexibility index (Phi) is 3.56. The molecule has 1 aliphatic heterocycles. The monoisotopic (exact) mass is 266 g/mol. The fourth-order valence-corrected chi connectivity index (χ4v) is 4.64. The van der Waals surface area contributed by atoms with Gasteiger partial charge in [-0.2, -0.15) is 0 Å². The van der Waals surface area contributed by atoms with Crippen molar-refractivity contribution in [2.24, 2.45) is 23.5 Å². The molecule has 4 unspecified atom stereocenters. The van der Waals surface area contributed by atoms with Gasteiger partial charge in [-0.15, -0.1) is 0 Å². The molecule has 4 nitrogen and oxygen atoms in total. The Morgan fingerprint density at radius 2 is 1.89 bits per heavy atom. The number of hydrogen-bond acceptors (Lipinski definition) is 3. The molecule has 0 spiro atoms. The van der Waals surface area contributed by atoms with Gasteiger partial charge in [0.05, 0.1) is 0 Å². The second-order valence-electron chi connectivity index (χ2n) is 6.93. The SMILES string of the molecule is NC1(C(=O)O)CCCC1CCN1CC2CCCC2C1. The maximum absolute atomic E-state index is 11.4. The summed E-state index contributed by atoms with van der Waals surface area (Å²) in [5, 5.41) is 9.33. The van der Waals surface area contributed by atoms with E-state index in [1.807, 2.05) is 0 Å². The molecule has 3 fully saturated rings. The van der Waals surface area contributed by atoms with Gasteiger partial charge in [0.15, 0.2) is 0 Å². The Balaban J connectivity index is 1.51. The average Bonchev–Trinajstić information content (AvgIpc) is 3.00. The number of nitrogens with two attached hydrogens (primary N) is 1. The van der Waals surface area contributed by atoms with E-state index in [1.54, 1.807) is 0 Å². The molecule has 3 rings (SSSR count). The maximum Gasteiger partial charge on any atom is 0.323 e. The second kappa shape index (κ2) is 5.06. The largest absolute Gasteiger partial charge is 0.480 e. The number of rotatable bonds is 4. The molecule has 0 aromatic rings. The van der Waals surface area contributed by atoms with Crippen LogP contribution in [0.4, 0.5) is 0 Å². The lowest BCUT2D eigenvalue weighted by Crippen LogP contribution is -2.51. The zero-order valence-electron chi connectivity index (χ0n) is 11.7. The smallest absolute Gasteiger partial charge is 0.323 e. The Morgan fingerprint density at radius 1 is 1.21 bits per heavy atom. The van der Waals surface area contributed by atoms with E-state index in [0.717, 1.165) is 37.6 Å². The quantitative estimate of drug-likeness (QED) is 0.812. The Hall–Kier alpha value is -0.610. The van der Waals surface area contributed by atoms with Crippen molar-refractivity contribution in [3.05, 3.63) is 0 Å². The topological polar surface area (TPSA) is 66.6 Å². The van der Waals surface area contributed by atoms with Crippen LogP contribution in [0.1, 0.15) is 44.9 Å². The molecule has 108 valence electrons. The van der Waals surface area contributed by atoms with Crippen molar-refractivity contribution < 1.29 is 9.90 Å². The first-order valence-corrected chi connectivity index (χ1v) is 7.84. The molecule has 2 saturated carbocycles. The van der Waals surface area contributed by atoms with Crippen molar-refractivity contribution in [2.75, 3.05) is 19.6 Å². The Morgan fingerprint density at radius 3 is 2.53 bits per heavy atom. The first kappa shape index (κ1) is 13.4. The number of hydrogen-bond donors (Lipinski definition) is 2. The minimum absolute atomic E-state index is 0.172. The van der Waals surface area contributed by atoms with E-state index in [2.05, 4.69) is 4.90 Å². The number of likely N-dealkylation sites (tertiary alicyclic amines) is 1. The normalized spacial score (nSPS) is 42.7. The molecule has 2 aliphatic carbocycles. The maximum atomic E-state index is 11.4. The predicted molar refractivity (Wildman–Crippen MR) is 73.8 cm³/mol. The molecule has 3 aliphatic rings. The molecule has 19 heavy (non-hydrogen) atoms. The van der Waals surface area contributed by atoms with Crippen LogP contribution in [0.5, 0.6) is 0 Å². The third-order valence-corrected chi connectivity index (χ3v) is 5.87. The van der Waals surface area contributed by atoms with E-state index in [4.69, 9.17) is 5.73 Å². The number of carbonyl (C=O) groups is 1. The summed E-state index contributed by atoms with van der Waals surface area (Å²) in [6.07, 6.45) is 7.79. The van der Waals surface area contributed by atoms with Crippen LogP contribution in [0.2, 0.25) is 0 Å². The summed E-state index contributed by atoms with van der Waals surface area (Å²) in [4.78, 5) is 13.9. The third kappa shape index (κ3) is 2.40. The number of aliphatic carboxylic acids is 1. The van der Waals surface area contributed by atoms with E-state index in [-0.39, 0.29) is 5.92 Å². The van der Waals surface area contributed by atoms with Crippen molar-refractivity contribution in [3.63, 3.8) is 0 Å². The molecule has 0 radical (unpaired) electrons. The molecular formula is C15H26N2O2. The van der Waals surface area contributed by atoms with E-state index < -0.39 is 11.5 Å². The second-order valence-corrected chi connectivity index (χ2v) is 6.93. The van der Waals surface area contributed by atoms with Gasteiger partial charge >= 0.3 is 5.97 Å². The van der Waals surface area contributed by atoms with E-state index in [1.165, 1.54) is 32.4 Å². The van der Waals surface area contributed by atoms with Gasteiger partial charge in [0, 0.05) is 13.1 Å². The average molecular weight is 266 g/mol. The predicted octanol–water partition coefficient (Wildman–Crippen LogP) is 1.69. The molecule has 1 heterocycles. The lowest BCUT2D eigenvalue weighted by Gasteiger charge is -2.28. The lowest BCUT2D eigenvalue weighted by molar-refractivity contribution is -0.144. The van der Waals surface area contributed by atoms with E-state index >= 15 is 0 Å². The molecule has 4 heteroatoms. The highest BCUT2D eigenvalue weighted by atomic mass is 16.4. The molecular weight excluding hydrogens is 240 g/mol. The van der Waals surface area contributed by atoms with E-state index in [0.29, 0.717) is 6.42 Å². The Bertz CT molecular complexity index is 348. The van der Waals surface area contributed by atoms with Crippen LogP contribution >= 0.6 is 0 Å². The molecule has 0 aromatic carbocycles. The van der Waals surface area contributed by atoms with Gasteiger partial charge in [0.25, 0.3) is 0 Å². The van der Waals surface area contributed by atoms with Crippen molar-refractivity contribution >= 4 is 5.97 Å². The lowest BCUT2D eigenvalue weighted by atomic mass is 9.85. The highest BCUT2D eigenvalue weighted by Gasteiger charge is 2.46. The number of fused-ring (bicyclic) bond motifs is 1. The van der Waals surface area contributed by atoms with Crippen LogP contribution in [0.15, 0.2) is 0 Å². The summed E-state index contributed by atoms with van der Waals surface area (Å²) < 4.78 is 0.